The third-order valence-corrected chi connectivity index (χ3v) is 5.40. The Balaban J connectivity index is 1.58. The number of amides is 2. The molecule has 0 aliphatic carbocycles. The lowest BCUT2D eigenvalue weighted by molar-refractivity contribution is -0.118. The van der Waals surface area contributed by atoms with Crippen LogP contribution in [-0.2, 0) is 4.79 Å². The largest absolute Gasteiger partial charge is 0.483 e. The third-order valence-electron chi connectivity index (χ3n) is 4.29. The minimum Gasteiger partial charge on any atom is -0.483 e. The van der Waals surface area contributed by atoms with E-state index in [9.17, 15) is 9.59 Å². The van der Waals surface area contributed by atoms with Gasteiger partial charge in [-0.05, 0) is 71.6 Å². The average Bonchev–Trinajstić information content (AvgIpc) is 2.67. The maximum absolute atomic E-state index is 12.6. The molecule has 5 nitrogen and oxygen atoms in total. The zero-order chi connectivity index (χ0) is 19.2. The lowest BCUT2D eigenvalue weighted by Crippen LogP contribution is -2.35. The molecule has 0 saturated carbocycles. The van der Waals surface area contributed by atoms with E-state index in [1.165, 1.54) is 6.42 Å². The van der Waals surface area contributed by atoms with E-state index in [2.05, 4.69) is 37.2 Å². The Labute approximate surface area is 175 Å². The van der Waals surface area contributed by atoms with Crippen LogP contribution in [0.3, 0.4) is 0 Å². The number of carbonyl (C=O) groups excluding carboxylic acids is 2. The highest BCUT2D eigenvalue weighted by Crippen LogP contribution is 2.28. The molecule has 0 aromatic heterocycles. The Morgan fingerprint density at radius 3 is 2.56 bits per heavy atom. The fourth-order valence-corrected chi connectivity index (χ4v) is 4.10. The predicted molar refractivity (Wildman–Crippen MR) is 112 cm³/mol. The van der Waals surface area contributed by atoms with Gasteiger partial charge >= 0.3 is 0 Å². The number of anilines is 1. The molecular formula is C20H20Br2N2O3. The maximum Gasteiger partial charge on any atom is 0.262 e. The second-order valence-electron chi connectivity index (χ2n) is 6.35. The quantitative estimate of drug-likeness (QED) is 0.644. The van der Waals surface area contributed by atoms with Crippen LogP contribution < -0.4 is 10.1 Å². The number of halogens is 2. The van der Waals surface area contributed by atoms with Gasteiger partial charge in [0.25, 0.3) is 11.8 Å². The summed E-state index contributed by atoms with van der Waals surface area (Å²) < 4.78 is 7.22. The number of hydrogen-bond donors (Lipinski definition) is 1. The van der Waals surface area contributed by atoms with Crippen molar-refractivity contribution in [1.82, 2.24) is 4.90 Å². The van der Waals surface area contributed by atoms with Gasteiger partial charge in [-0.25, -0.2) is 0 Å². The molecular weight excluding hydrogens is 476 g/mol. The van der Waals surface area contributed by atoms with Gasteiger partial charge in [0.15, 0.2) is 6.61 Å². The number of likely N-dealkylation sites (tertiary alicyclic amines) is 1. The molecule has 1 N–H and O–H groups in total. The molecule has 1 fully saturated rings. The molecule has 2 aromatic carbocycles. The predicted octanol–water partition coefficient (Wildman–Crippen LogP) is 4.86. The first-order valence-corrected chi connectivity index (χ1v) is 10.4. The van der Waals surface area contributed by atoms with Crippen molar-refractivity contribution in [1.29, 1.82) is 0 Å². The van der Waals surface area contributed by atoms with Crippen LogP contribution in [0.1, 0.15) is 29.6 Å². The molecule has 2 amide bonds. The van der Waals surface area contributed by atoms with Gasteiger partial charge in [-0.15, -0.1) is 0 Å². The molecule has 0 atom stereocenters. The molecule has 27 heavy (non-hydrogen) atoms. The maximum atomic E-state index is 12.6. The van der Waals surface area contributed by atoms with E-state index in [0.717, 1.165) is 34.9 Å². The molecule has 1 aliphatic heterocycles. The molecule has 0 bridgehead atoms. The highest BCUT2D eigenvalue weighted by atomic mass is 79.9. The molecule has 0 radical (unpaired) electrons. The SMILES string of the molecule is O=C(COc1ccc(Br)cc1Br)Nc1cccc(C(=O)N2CCCCC2)c1. The average molecular weight is 496 g/mol. The van der Waals surface area contributed by atoms with Crippen LogP contribution >= 0.6 is 31.9 Å². The minimum atomic E-state index is -0.285. The Bertz CT molecular complexity index is 836. The van der Waals surface area contributed by atoms with Crippen molar-refractivity contribution in [3.05, 3.63) is 57.0 Å². The molecule has 1 heterocycles. The van der Waals surface area contributed by atoms with E-state index in [4.69, 9.17) is 4.74 Å². The van der Waals surface area contributed by atoms with Gasteiger partial charge in [0, 0.05) is 28.8 Å². The van der Waals surface area contributed by atoms with Crippen LogP contribution in [0.15, 0.2) is 51.4 Å². The summed E-state index contributed by atoms with van der Waals surface area (Å²) in [5.74, 6) is 0.315. The third kappa shape index (κ3) is 5.56. The van der Waals surface area contributed by atoms with E-state index >= 15 is 0 Å². The number of nitrogens with zero attached hydrogens (tertiary/aromatic N) is 1. The first-order chi connectivity index (χ1) is 13.0. The fourth-order valence-electron chi connectivity index (χ4n) is 2.94. The smallest absolute Gasteiger partial charge is 0.262 e. The topological polar surface area (TPSA) is 58.6 Å². The fraction of sp³-hybridized carbons (Fsp3) is 0.300. The summed E-state index contributed by atoms with van der Waals surface area (Å²) in [5, 5.41) is 2.78. The van der Waals surface area contributed by atoms with Gasteiger partial charge in [0.2, 0.25) is 0 Å². The Kier molecular flexibility index (Phi) is 6.90. The van der Waals surface area contributed by atoms with Crippen molar-refractivity contribution < 1.29 is 14.3 Å². The number of ether oxygens (including phenoxy) is 1. The summed E-state index contributed by atoms with van der Waals surface area (Å²) in [4.78, 5) is 26.7. The number of hydrogen-bond acceptors (Lipinski definition) is 3. The zero-order valence-corrected chi connectivity index (χ0v) is 17.9. The number of carbonyl (C=O) groups is 2. The zero-order valence-electron chi connectivity index (χ0n) is 14.7. The molecule has 3 rings (SSSR count). The monoisotopic (exact) mass is 494 g/mol. The van der Waals surface area contributed by atoms with Crippen LogP contribution in [0.2, 0.25) is 0 Å². The van der Waals surface area contributed by atoms with Crippen molar-refractivity contribution in [2.24, 2.45) is 0 Å². The van der Waals surface area contributed by atoms with Crippen LogP contribution in [-0.4, -0.2) is 36.4 Å². The van der Waals surface area contributed by atoms with E-state index < -0.39 is 0 Å². The van der Waals surface area contributed by atoms with E-state index in [1.54, 1.807) is 30.3 Å². The van der Waals surface area contributed by atoms with Crippen LogP contribution in [0.4, 0.5) is 5.69 Å². The van der Waals surface area contributed by atoms with E-state index in [0.29, 0.717) is 17.0 Å². The van der Waals surface area contributed by atoms with Crippen molar-refractivity contribution in [2.75, 3.05) is 25.0 Å². The molecule has 0 unspecified atom stereocenters. The van der Waals surface area contributed by atoms with Gasteiger partial charge in [-0.3, -0.25) is 9.59 Å². The summed E-state index contributed by atoms with van der Waals surface area (Å²) in [6.45, 7) is 1.47. The molecule has 0 spiro atoms. The second-order valence-corrected chi connectivity index (χ2v) is 8.12. The number of piperidine rings is 1. The summed E-state index contributed by atoms with van der Waals surface area (Å²) >= 11 is 6.77. The Morgan fingerprint density at radius 1 is 1.04 bits per heavy atom. The van der Waals surface area contributed by atoms with Crippen molar-refractivity contribution in [3.63, 3.8) is 0 Å². The van der Waals surface area contributed by atoms with Gasteiger partial charge < -0.3 is 15.0 Å². The first-order valence-electron chi connectivity index (χ1n) is 8.80. The lowest BCUT2D eigenvalue weighted by Gasteiger charge is -2.26. The number of nitrogens with one attached hydrogen (secondary N) is 1. The van der Waals surface area contributed by atoms with E-state index in [-0.39, 0.29) is 18.4 Å². The van der Waals surface area contributed by atoms with Gasteiger partial charge in [0.1, 0.15) is 5.75 Å². The molecule has 142 valence electrons. The second kappa shape index (κ2) is 9.37. The molecule has 2 aromatic rings. The Morgan fingerprint density at radius 2 is 1.81 bits per heavy atom. The minimum absolute atomic E-state index is 0.0147. The van der Waals surface area contributed by atoms with Crippen LogP contribution in [0, 0.1) is 0 Å². The number of rotatable bonds is 5. The first kappa shape index (κ1) is 19.9. The summed E-state index contributed by atoms with van der Waals surface area (Å²) in [5.41, 5.74) is 1.17. The highest BCUT2D eigenvalue weighted by molar-refractivity contribution is 9.11. The summed E-state index contributed by atoms with van der Waals surface area (Å²) in [6, 6.07) is 12.5. The van der Waals surface area contributed by atoms with Crippen molar-refractivity contribution in [3.8, 4) is 5.75 Å². The molecule has 1 aliphatic rings. The summed E-state index contributed by atoms with van der Waals surface area (Å²) in [7, 11) is 0. The molecule has 1 saturated heterocycles. The van der Waals surface area contributed by atoms with Gasteiger partial charge in [-0.2, -0.15) is 0 Å². The summed E-state index contributed by atoms with van der Waals surface area (Å²) in [6.07, 6.45) is 3.27. The van der Waals surface area contributed by atoms with Crippen molar-refractivity contribution in [2.45, 2.75) is 19.3 Å². The van der Waals surface area contributed by atoms with Gasteiger partial charge in [0.05, 0.1) is 4.47 Å². The number of benzene rings is 2. The van der Waals surface area contributed by atoms with Crippen LogP contribution in [0.25, 0.3) is 0 Å². The van der Waals surface area contributed by atoms with Crippen LogP contribution in [0.5, 0.6) is 5.75 Å². The standard InChI is InChI=1S/C20H20Br2N2O3/c21-15-7-8-18(17(22)12-15)27-13-19(25)23-16-6-4-5-14(11-16)20(26)24-9-2-1-3-10-24/h4-8,11-12H,1-3,9-10,13H2,(H,23,25). The molecule has 7 heteroatoms. The lowest BCUT2D eigenvalue weighted by atomic mass is 10.1. The normalized spacial score (nSPS) is 13.9. The highest BCUT2D eigenvalue weighted by Gasteiger charge is 2.18. The van der Waals surface area contributed by atoms with E-state index in [1.807, 2.05) is 17.0 Å². The van der Waals surface area contributed by atoms with Gasteiger partial charge in [-0.1, -0.05) is 22.0 Å². The van der Waals surface area contributed by atoms with Crippen molar-refractivity contribution >= 4 is 49.4 Å². The Hall–Kier alpha value is -1.86.